The van der Waals surface area contributed by atoms with Gasteiger partial charge in [0.25, 0.3) is 0 Å². The van der Waals surface area contributed by atoms with Crippen LogP contribution < -0.4 is 10.1 Å². The van der Waals surface area contributed by atoms with Gasteiger partial charge in [-0.25, -0.2) is 0 Å². The summed E-state index contributed by atoms with van der Waals surface area (Å²) >= 11 is 0. The predicted octanol–water partition coefficient (Wildman–Crippen LogP) is 5.07. The highest BCUT2D eigenvalue weighted by molar-refractivity contribution is 6.02. The Labute approximate surface area is 187 Å². The molecular formula is C25H30F2N2O3. The first-order valence-corrected chi connectivity index (χ1v) is 10.7. The molecule has 0 aromatic heterocycles. The Morgan fingerprint density at radius 1 is 1.16 bits per heavy atom. The molecule has 2 amide bonds. The molecule has 1 fully saturated rings. The monoisotopic (exact) mass is 444 g/mol. The number of rotatable bonds is 6. The van der Waals surface area contributed by atoms with E-state index < -0.39 is 18.1 Å². The lowest BCUT2D eigenvalue weighted by Gasteiger charge is -2.49. The van der Waals surface area contributed by atoms with Gasteiger partial charge >= 0.3 is 6.61 Å². The van der Waals surface area contributed by atoms with Gasteiger partial charge in [0.15, 0.2) is 0 Å². The van der Waals surface area contributed by atoms with Crippen molar-refractivity contribution >= 4 is 17.5 Å². The Morgan fingerprint density at radius 2 is 1.81 bits per heavy atom. The van der Waals surface area contributed by atoms with Crippen LogP contribution in [0.2, 0.25) is 0 Å². The van der Waals surface area contributed by atoms with Crippen molar-refractivity contribution in [3.8, 4) is 5.75 Å². The zero-order valence-corrected chi connectivity index (χ0v) is 19.2. The number of hydrogen-bond acceptors (Lipinski definition) is 3. The Kier molecular flexibility index (Phi) is 6.58. The number of aryl methyl sites for hydroxylation is 1. The topological polar surface area (TPSA) is 58.6 Å². The molecule has 1 N–H and O–H groups in total. The van der Waals surface area contributed by atoms with E-state index in [9.17, 15) is 18.4 Å². The molecular weight excluding hydrogens is 414 g/mol. The molecule has 1 aliphatic rings. The molecule has 172 valence electrons. The van der Waals surface area contributed by atoms with E-state index in [-0.39, 0.29) is 29.2 Å². The second-order valence-corrected chi connectivity index (χ2v) is 9.47. The van der Waals surface area contributed by atoms with Gasteiger partial charge in [-0.1, -0.05) is 57.2 Å². The summed E-state index contributed by atoms with van der Waals surface area (Å²) in [6, 6.07) is 12.6. The number of nitrogens with zero attached hydrogens (tertiary/aromatic N) is 1. The average Bonchev–Trinajstić information content (AvgIpc) is 2.68. The van der Waals surface area contributed by atoms with Crippen LogP contribution in [0.4, 0.5) is 14.5 Å². The van der Waals surface area contributed by atoms with E-state index >= 15 is 0 Å². The molecule has 2 aromatic rings. The molecule has 1 unspecified atom stereocenters. The summed E-state index contributed by atoms with van der Waals surface area (Å²) in [7, 11) is 0. The number of benzene rings is 2. The van der Waals surface area contributed by atoms with Crippen LogP contribution >= 0.6 is 0 Å². The molecule has 2 aromatic carbocycles. The first kappa shape index (κ1) is 23.7. The molecule has 0 aliphatic carbocycles. The minimum absolute atomic E-state index is 0.0269. The Hall–Kier alpha value is -2.96. The molecule has 0 radical (unpaired) electrons. The number of carbonyl (C=O) groups excluding carboxylic acids is 2. The molecule has 1 atom stereocenters. The Morgan fingerprint density at radius 3 is 2.34 bits per heavy atom. The maximum absolute atomic E-state index is 13.1. The maximum Gasteiger partial charge on any atom is 0.387 e. The van der Waals surface area contributed by atoms with Crippen LogP contribution in [0.25, 0.3) is 0 Å². The highest BCUT2D eigenvalue weighted by Gasteiger charge is 2.49. The van der Waals surface area contributed by atoms with E-state index in [1.54, 1.807) is 30.9 Å². The van der Waals surface area contributed by atoms with Crippen molar-refractivity contribution in [1.82, 2.24) is 4.90 Å². The zero-order chi connectivity index (χ0) is 23.7. The predicted molar refractivity (Wildman–Crippen MR) is 120 cm³/mol. The number of carbonyl (C=O) groups is 2. The van der Waals surface area contributed by atoms with E-state index in [1.165, 1.54) is 11.6 Å². The van der Waals surface area contributed by atoms with Crippen LogP contribution in [0.15, 0.2) is 42.5 Å². The Balaban J connectivity index is 1.71. The number of ether oxygens (including phenoxy) is 1. The van der Waals surface area contributed by atoms with Crippen LogP contribution in [0.5, 0.6) is 5.75 Å². The minimum Gasteiger partial charge on any atom is -0.433 e. The first-order valence-electron chi connectivity index (χ1n) is 10.7. The van der Waals surface area contributed by atoms with Gasteiger partial charge in [-0.05, 0) is 48.4 Å². The largest absolute Gasteiger partial charge is 0.433 e. The third-order valence-corrected chi connectivity index (χ3v) is 6.07. The van der Waals surface area contributed by atoms with Gasteiger partial charge in [0.2, 0.25) is 11.8 Å². The summed E-state index contributed by atoms with van der Waals surface area (Å²) in [5.41, 5.74) is 1.82. The van der Waals surface area contributed by atoms with Crippen molar-refractivity contribution in [3.05, 3.63) is 59.2 Å². The number of nitrogens with one attached hydrogen (secondary N) is 1. The molecule has 0 bridgehead atoms. The minimum atomic E-state index is -3.01. The van der Waals surface area contributed by atoms with Crippen LogP contribution in [0, 0.1) is 6.92 Å². The van der Waals surface area contributed by atoms with Crippen molar-refractivity contribution in [1.29, 1.82) is 0 Å². The number of amides is 2. The molecule has 1 aliphatic heterocycles. The van der Waals surface area contributed by atoms with Crippen molar-refractivity contribution in [3.63, 3.8) is 0 Å². The van der Waals surface area contributed by atoms with Crippen molar-refractivity contribution < 1.29 is 23.1 Å². The number of hydrogen-bond donors (Lipinski definition) is 1. The van der Waals surface area contributed by atoms with Crippen LogP contribution in [-0.2, 0) is 21.4 Å². The second kappa shape index (κ2) is 8.88. The fourth-order valence-corrected chi connectivity index (χ4v) is 3.83. The normalized spacial score (nSPS) is 18.3. The number of likely N-dealkylation sites (tertiary alicyclic amines) is 1. The number of anilines is 1. The summed E-state index contributed by atoms with van der Waals surface area (Å²) in [5, 5.41) is 2.71. The maximum atomic E-state index is 13.1. The molecule has 32 heavy (non-hydrogen) atoms. The molecule has 3 rings (SSSR count). The smallest absolute Gasteiger partial charge is 0.387 e. The molecule has 0 spiro atoms. The summed E-state index contributed by atoms with van der Waals surface area (Å²) in [6.45, 7) is 7.24. The SMILES string of the molecule is Cc1cccc(OC(F)F)c1NC(=O)C1(C)CCN1C(=O)Cc1ccc(C(C)(C)C)cc1. The summed E-state index contributed by atoms with van der Waals surface area (Å²) in [5.74, 6) is -0.673. The first-order chi connectivity index (χ1) is 14.9. The zero-order valence-electron chi connectivity index (χ0n) is 19.2. The quantitative estimate of drug-likeness (QED) is 0.677. The second-order valence-electron chi connectivity index (χ2n) is 9.47. The highest BCUT2D eigenvalue weighted by Crippen LogP contribution is 2.35. The van der Waals surface area contributed by atoms with Crippen LogP contribution in [0.3, 0.4) is 0 Å². The third-order valence-electron chi connectivity index (χ3n) is 6.07. The lowest BCUT2D eigenvalue weighted by molar-refractivity contribution is -0.154. The third kappa shape index (κ3) is 4.92. The van der Waals surface area contributed by atoms with Gasteiger partial charge < -0.3 is 15.0 Å². The molecule has 1 heterocycles. The lowest BCUT2D eigenvalue weighted by atomic mass is 9.84. The van der Waals surface area contributed by atoms with Crippen LogP contribution in [0.1, 0.15) is 50.8 Å². The molecule has 7 heteroatoms. The van der Waals surface area contributed by atoms with Crippen molar-refractivity contribution in [2.75, 3.05) is 11.9 Å². The van der Waals surface area contributed by atoms with E-state index in [0.717, 1.165) is 5.56 Å². The van der Waals surface area contributed by atoms with Gasteiger partial charge in [-0.15, -0.1) is 0 Å². The van der Waals surface area contributed by atoms with Gasteiger partial charge in [0.1, 0.15) is 11.3 Å². The van der Waals surface area contributed by atoms with Crippen molar-refractivity contribution in [2.45, 2.75) is 65.0 Å². The summed E-state index contributed by atoms with van der Waals surface area (Å²) in [6.07, 6.45) is 0.682. The van der Waals surface area contributed by atoms with Gasteiger partial charge in [-0.3, -0.25) is 9.59 Å². The fourth-order valence-electron chi connectivity index (χ4n) is 3.83. The highest BCUT2D eigenvalue weighted by atomic mass is 19.3. The van der Waals surface area contributed by atoms with Gasteiger partial charge in [-0.2, -0.15) is 8.78 Å². The molecule has 5 nitrogen and oxygen atoms in total. The lowest BCUT2D eigenvalue weighted by Crippen LogP contribution is -2.66. The summed E-state index contributed by atoms with van der Waals surface area (Å²) in [4.78, 5) is 27.6. The number of halogens is 2. The van der Waals surface area contributed by atoms with E-state index in [4.69, 9.17) is 0 Å². The standard InChI is InChI=1S/C25H30F2N2O3/c1-16-7-6-8-19(32-23(26)27)21(16)28-22(31)25(5)13-14-29(25)20(30)15-17-9-11-18(12-10-17)24(2,3)4/h6-12,23H,13-15H2,1-5H3,(H,28,31). The van der Waals surface area contributed by atoms with Crippen molar-refractivity contribution in [2.24, 2.45) is 0 Å². The Bertz CT molecular complexity index is 999. The van der Waals surface area contributed by atoms with Gasteiger partial charge in [0, 0.05) is 6.54 Å². The van der Waals surface area contributed by atoms with E-state index in [0.29, 0.717) is 18.5 Å². The van der Waals surface area contributed by atoms with E-state index in [2.05, 4.69) is 30.8 Å². The molecule has 0 saturated carbocycles. The van der Waals surface area contributed by atoms with Crippen LogP contribution in [-0.4, -0.2) is 35.4 Å². The number of para-hydroxylation sites is 1. The van der Waals surface area contributed by atoms with Gasteiger partial charge in [0.05, 0.1) is 12.1 Å². The number of alkyl halides is 2. The molecule has 1 saturated heterocycles. The van der Waals surface area contributed by atoms with E-state index in [1.807, 2.05) is 24.3 Å². The fraction of sp³-hybridized carbons (Fsp3) is 0.440. The average molecular weight is 445 g/mol. The summed E-state index contributed by atoms with van der Waals surface area (Å²) < 4.78 is 30.1.